The number of nitrogens with two attached hydrogens (primary N) is 1. The van der Waals surface area contributed by atoms with E-state index in [4.69, 9.17) is 10.5 Å². The highest BCUT2D eigenvalue weighted by molar-refractivity contribution is 9.10. The average Bonchev–Trinajstić information content (AvgIpc) is 2.48. The summed E-state index contributed by atoms with van der Waals surface area (Å²) in [4.78, 5) is 0. The Bertz CT molecular complexity index is 603. The van der Waals surface area contributed by atoms with Crippen molar-refractivity contribution < 1.29 is 9.13 Å². The van der Waals surface area contributed by atoms with Gasteiger partial charge in [-0.05, 0) is 48.2 Å². The molecule has 4 heteroatoms. The Balaban J connectivity index is 2.10. The summed E-state index contributed by atoms with van der Waals surface area (Å²) in [7, 11) is 0. The van der Waals surface area contributed by atoms with Crippen molar-refractivity contribution in [1.82, 2.24) is 0 Å². The fourth-order valence-corrected chi connectivity index (χ4v) is 2.61. The standard InChI is InChI=1S/C17H19BrFNO/c1-2-8-21-15-5-3-4-13(9-15)17(20)10-12-6-7-14(19)11-16(12)18/h3-7,9,11,17H,2,8,10,20H2,1H3. The molecule has 0 fully saturated rings. The summed E-state index contributed by atoms with van der Waals surface area (Å²) in [5, 5.41) is 0. The molecule has 2 rings (SSSR count). The zero-order valence-electron chi connectivity index (χ0n) is 12.0. The topological polar surface area (TPSA) is 35.2 Å². The number of hydrogen-bond donors (Lipinski definition) is 1. The van der Waals surface area contributed by atoms with E-state index in [1.165, 1.54) is 12.1 Å². The molecular weight excluding hydrogens is 333 g/mol. The van der Waals surface area contributed by atoms with Crippen molar-refractivity contribution in [3.05, 3.63) is 63.9 Å². The van der Waals surface area contributed by atoms with Crippen molar-refractivity contribution in [1.29, 1.82) is 0 Å². The molecule has 0 spiro atoms. The molecule has 1 unspecified atom stereocenters. The highest BCUT2D eigenvalue weighted by Gasteiger charge is 2.11. The lowest BCUT2D eigenvalue weighted by Gasteiger charge is -2.15. The zero-order chi connectivity index (χ0) is 15.2. The molecule has 0 bridgehead atoms. The highest BCUT2D eigenvalue weighted by atomic mass is 79.9. The number of ether oxygens (including phenoxy) is 1. The molecule has 2 aromatic rings. The summed E-state index contributed by atoms with van der Waals surface area (Å²) < 4.78 is 19.5. The molecule has 2 nitrogen and oxygen atoms in total. The van der Waals surface area contributed by atoms with Gasteiger partial charge in [0.15, 0.2) is 0 Å². The molecule has 0 aliphatic rings. The van der Waals surface area contributed by atoms with E-state index in [2.05, 4.69) is 22.9 Å². The lowest BCUT2D eigenvalue weighted by atomic mass is 9.99. The molecular formula is C17H19BrFNO. The minimum Gasteiger partial charge on any atom is -0.494 e. The molecule has 1 atom stereocenters. The first-order valence-electron chi connectivity index (χ1n) is 7.02. The third kappa shape index (κ3) is 4.55. The highest BCUT2D eigenvalue weighted by Crippen LogP contribution is 2.25. The second-order valence-electron chi connectivity index (χ2n) is 4.97. The molecule has 0 aliphatic carbocycles. The molecule has 2 N–H and O–H groups in total. The average molecular weight is 352 g/mol. The lowest BCUT2D eigenvalue weighted by Crippen LogP contribution is -2.14. The normalized spacial score (nSPS) is 12.2. The van der Waals surface area contributed by atoms with Crippen LogP contribution in [0.2, 0.25) is 0 Å². The Morgan fingerprint density at radius 2 is 2.05 bits per heavy atom. The fraction of sp³-hybridized carbons (Fsp3) is 0.294. The smallest absolute Gasteiger partial charge is 0.124 e. The summed E-state index contributed by atoms with van der Waals surface area (Å²) in [6.45, 7) is 2.77. The first-order valence-corrected chi connectivity index (χ1v) is 7.81. The van der Waals surface area contributed by atoms with Gasteiger partial charge in [0, 0.05) is 10.5 Å². The van der Waals surface area contributed by atoms with E-state index in [9.17, 15) is 4.39 Å². The Kier molecular flexibility index (Phi) is 5.76. The van der Waals surface area contributed by atoms with E-state index in [1.807, 2.05) is 24.3 Å². The molecule has 112 valence electrons. The van der Waals surface area contributed by atoms with Crippen LogP contribution in [0.3, 0.4) is 0 Å². The Morgan fingerprint density at radius 3 is 2.76 bits per heavy atom. The van der Waals surface area contributed by atoms with E-state index < -0.39 is 0 Å². The van der Waals surface area contributed by atoms with Gasteiger partial charge in [-0.15, -0.1) is 0 Å². The molecule has 0 aliphatic heterocycles. The van der Waals surface area contributed by atoms with Crippen molar-refractivity contribution in [2.45, 2.75) is 25.8 Å². The molecule has 0 heterocycles. The lowest BCUT2D eigenvalue weighted by molar-refractivity contribution is 0.317. The molecule has 0 amide bonds. The summed E-state index contributed by atoms with van der Waals surface area (Å²) in [6.07, 6.45) is 1.61. The van der Waals surface area contributed by atoms with Gasteiger partial charge in [0.1, 0.15) is 11.6 Å². The molecule has 0 radical (unpaired) electrons. The minimum atomic E-state index is -0.255. The van der Waals surface area contributed by atoms with E-state index in [-0.39, 0.29) is 11.9 Å². The number of benzene rings is 2. The first kappa shape index (κ1) is 16.0. The predicted molar refractivity (Wildman–Crippen MR) is 87.0 cm³/mol. The molecule has 2 aromatic carbocycles. The van der Waals surface area contributed by atoms with Crippen LogP contribution in [0.4, 0.5) is 4.39 Å². The maximum absolute atomic E-state index is 13.1. The van der Waals surface area contributed by atoms with Gasteiger partial charge in [0.25, 0.3) is 0 Å². The number of rotatable bonds is 6. The first-order chi connectivity index (χ1) is 10.1. The van der Waals surface area contributed by atoms with Crippen LogP contribution in [0.25, 0.3) is 0 Å². The van der Waals surface area contributed by atoms with E-state index in [0.29, 0.717) is 13.0 Å². The Morgan fingerprint density at radius 1 is 1.24 bits per heavy atom. The van der Waals surface area contributed by atoms with Crippen molar-refractivity contribution >= 4 is 15.9 Å². The predicted octanol–water partition coefficient (Wildman–Crippen LogP) is 4.62. The van der Waals surface area contributed by atoms with Crippen LogP contribution in [0.1, 0.15) is 30.5 Å². The van der Waals surface area contributed by atoms with Gasteiger partial charge in [-0.25, -0.2) is 4.39 Å². The maximum atomic E-state index is 13.1. The van der Waals surface area contributed by atoms with Gasteiger partial charge in [-0.2, -0.15) is 0 Å². The second kappa shape index (κ2) is 7.57. The summed E-state index contributed by atoms with van der Waals surface area (Å²) >= 11 is 3.38. The molecule has 0 aromatic heterocycles. The quantitative estimate of drug-likeness (QED) is 0.823. The van der Waals surface area contributed by atoms with E-state index >= 15 is 0 Å². The second-order valence-corrected chi connectivity index (χ2v) is 5.82. The molecule has 0 saturated carbocycles. The van der Waals surface area contributed by atoms with Gasteiger partial charge >= 0.3 is 0 Å². The number of halogens is 2. The van der Waals surface area contributed by atoms with Gasteiger partial charge < -0.3 is 10.5 Å². The van der Waals surface area contributed by atoms with Gasteiger partial charge in [-0.1, -0.05) is 41.1 Å². The van der Waals surface area contributed by atoms with Crippen molar-refractivity contribution in [3.63, 3.8) is 0 Å². The van der Waals surface area contributed by atoms with E-state index in [0.717, 1.165) is 27.8 Å². The van der Waals surface area contributed by atoms with Crippen LogP contribution in [-0.2, 0) is 6.42 Å². The Hall–Kier alpha value is -1.39. The summed E-state index contributed by atoms with van der Waals surface area (Å²) in [5.74, 6) is 0.581. The van der Waals surface area contributed by atoms with Crippen LogP contribution in [0, 0.1) is 5.82 Å². The van der Waals surface area contributed by atoms with Crippen molar-refractivity contribution in [2.75, 3.05) is 6.61 Å². The van der Waals surface area contributed by atoms with Crippen LogP contribution in [0.15, 0.2) is 46.9 Å². The van der Waals surface area contributed by atoms with Crippen LogP contribution < -0.4 is 10.5 Å². The number of hydrogen-bond acceptors (Lipinski definition) is 2. The SMILES string of the molecule is CCCOc1cccc(C(N)Cc2ccc(F)cc2Br)c1. The summed E-state index contributed by atoms with van der Waals surface area (Å²) in [5.41, 5.74) is 8.26. The van der Waals surface area contributed by atoms with E-state index in [1.54, 1.807) is 6.07 Å². The van der Waals surface area contributed by atoms with Crippen LogP contribution in [-0.4, -0.2) is 6.61 Å². The van der Waals surface area contributed by atoms with Crippen molar-refractivity contribution in [3.8, 4) is 5.75 Å². The van der Waals surface area contributed by atoms with Crippen LogP contribution in [0.5, 0.6) is 5.75 Å². The fourth-order valence-electron chi connectivity index (χ4n) is 2.10. The van der Waals surface area contributed by atoms with Gasteiger partial charge in [0.2, 0.25) is 0 Å². The van der Waals surface area contributed by atoms with Crippen LogP contribution >= 0.6 is 15.9 Å². The Labute approximate surface area is 133 Å². The largest absolute Gasteiger partial charge is 0.494 e. The minimum absolute atomic E-state index is 0.156. The third-order valence-electron chi connectivity index (χ3n) is 3.21. The zero-order valence-corrected chi connectivity index (χ0v) is 13.6. The molecule has 21 heavy (non-hydrogen) atoms. The van der Waals surface area contributed by atoms with Gasteiger partial charge in [-0.3, -0.25) is 0 Å². The van der Waals surface area contributed by atoms with Crippen molar-refractivity contribution in [2.24, 2.45) is 5.73 Å². The maximum Gasteiger partial charge on any atom is 0.124 e. The summed E-state index contributed by atoms with van der Waals surface area (Å²) in [6, 6.07) is 12.3. The monoisotopic (exact) mass is 351 g/mol. The third-order valence-corrected chi connectivity index (χ3v) is 3.95. The molecule has 0 saturated heterocycles. The van der Waals surface area contributed by atoms with Gasteiger partial charge in [0.05, 0.1) is 6.61 Å².